The van der Waals surface area contributed by atoms with Gasteiger partial charge in [0.2, 0.25) is 10.0 Å². The number of hydrogen-bond acceptors (Lipinski definition) is 3. The maximum Gasteiger partial charge on any atom is 0.251 e. The Morgan fingerprint density at radius 2 is 1.78 bits per heavy atom. The predicted octanol–water partition coefficient (Wildman–Crippen LogP) is 2.83. The molecule has 1 amide bonds. The molecule has 6 heteroatoms. The second-order valence-electron chi connectivity index (χ2n) is 6.09. The zero-order chi connectivity index (χ0) is 16.7. The van der Waals surface area contributed by atoms with Crippen LogP contribution in [0.15, 0.2) is 29.2 Å². The highest BCUT2D eigenvalue weighted by Gasteiger charge is 2.21. The van der Waals surface area contributed by atoms with E-state index in [9.17, 15) is 13.2 Å². The van der Waals surface area contributed by atoms with Gasteiger partial charge in [-0.2, -0.15) is 0 Å². The molecule has 0 heterocycles. The Morgan fingerprint density at radius 1 is 1.13 bits per heavy atom. The van der Waals surface area contributed by atoms with E-state index in [2.05, 4.69) is 17.0 Å². The van der Waals surface area contributed by atoms with Crippen molar-refractivity contribution >= 4 is 15.9 Å². The number of amides is 1. The van der Waals surface area contributed by atoms with Crippen LogP contribution in [0.4, 0.5) is 0 Å². The van der Waals surface area contributed by atoms with Gasteiger partial charge in [-0.3, -0.25) is 4.79 Å². The zero-order valence-corrected chi connectivity index (χ0v) is 14.5. The quantitative estimate of drug-likeness (QED) is 0.751. The summed E-state index contributed by atoms with van der Waals surface area (Å²) in [4.78, 5) is 12.1. The SMILES string of the molecule is CCCCNC(=O)c1ccc(S(=O)(=O)NC2CCCCC2)cc1. The van der Waals surface area contributed by atoms with Crippen LogP contribution in [0.3, 0.4) is 0 Å². The summed E-state index contributed by atoms with van der Waals surface area (Å²) in [7, 11) is -3.50. The Labute approximate surface area is 138 Å². The fraction of sp³-hybridized carbons (Fsp3) is 0.588. The first-order valence-electron chi connectivity index (χ1n) is 8.43. The molecule has 0 spiro atoms. The molecule has 0 saturated heterocycles. The summed E-state index contributed by atoms with van der Waals surface area (Å²) in [5.74, 6) is -0.164. The lowest BCUT2D eigenvalue weighted by Gasteiger charge is -2.22. The fourth-order valence-electron chi connectivity index (χ4n) is 2.77. The van der Waals surface area contributed by atoms with Crippen LogP contribution in [0.1, 0.15) is 62.2 Å². The molecule has 0 atom stereocenters. The van der Waals surface area contributed by atoms with Gasteiger partial charge in [-0.25, -0.2) is 13.1 Å². The van der Waals surface area contributed by atoms with Crippen LogP contribution >= 0.6 is 0 Å². The number of carbonyl (C=O) groups excluding carboxylic acids is 1. The van der Waals surface area contributed by atoms with Crippen molar-refractivity contribution in [1.82, 2.24) is 10.0 Å². The van der Waals surface area contributed by atoms with E-state index in [0.29, 0.717) is 12.1 Å². The predicted molar refractivity (Wildman–Crippen MR) is 90.9 cm³/mol. The maximum absolute atomic E-state index is 12.4. The average molecular weight is 338 g/mol. The number of rotatable bonds is 7. The summed E-state index contributed by atoms with van der Waals surface area (Å²) in [5.41, 5.74) is 0.484. The van der Waals surface area contributed by atoms with Gasteiger partial charge in [-0.15, -0.1) is 0 Å². The monoisotopic (exact) mass is 338 g/mol. The first-order valence-corrected chi connectivity index (χ1v) is 9.92. The van der Waals surface area contributed by atoms with E-state index in [1.54, 1.807) is 12.1 Å². The van der Waals surface area contributed by atoms with Gasteiger partial charge in [-0.1, -0.05) is 32.6 Å². The van der Waals surface area contributed by atoms with E-state index in [0.717, 1.165) is 38.5 Å². The second-order valence-corrected chi connectivity index (χ2v) is 7.80. The summed E-state index contributed by atoms with van der Waals surface area (Å²) in [6.45, 7) is 2.70. The van der Waals surface area contributed by atoms with Gasteiger partial charge < -0.3 is 5.32 Å². The molecule has 0 aliphatic heterocycles. The van der Waals surface area contributed by atoms with Crippen molar-refractivity contribution < 1.29 is 13.2 Å². The van der Waals surface area contributed by atoms with Crippen LogP contribution in [-0.2, 0) is 10.0 Å². The number of benzene rings is 1. The summed E-state index contributed by atoms with van der Waals surface area (Å²) < 4.78 is 27.5. The molecular weight excluding hydrogens is 312 g/mol. The molecule has 128 valence electrons. The van der Waals surface area contributed by atoms with Crippen LogP contribution in [-0.4, -0.2) is 26.9 Å². The highest BCUT2D eigenvalue weighted by atomic mass is 32.2. The van der Waals surface area contributed by atoms with Crippen LogP contribution < -0.4 is 10.0 Å². The van der Waals surface area contributed by atoms with Crippen molar-refractivity contribution in [2.75, 3.05) is 6.54 Å². The van der Waals surface area contributed by atoms with Crippen molar-refractivity contribution in [3.63, 3.8) is 0 Å². The molecule has 0 unspecified atom stereocenters. The minimum Gasteiger partial charge on any atom is -0.352 e. The van der Waals surface area contributed by atoms with Crippen molar-refractivity contribution in [1.29, 1.82) is 0 Å². The topological polar surface area (TPSA) is 75.3 Å². The van der Waals surface area contributed by atoms with E-state index in [4.69, 9.17) is 0 Å². The molecule has 23 heavy (non-hydrogen) atoms. The van der Waals surface area contributed by atoms with E-state index < -0.39 is 10.0 Å². The van der Waals surface area contributed by atoms with Crippen molar-refractivity contribution in [2.24, 2.45) is 0 Å². The minimum atomic E-state index is -3.50. The lowest BCUT2D eigenvalue weighted by molar-refractivity contribution is 0.0953. The fourth-order valence-corrected chi connectivity index (χ4v) is 4.08. The van der Waals surface area contributed by atoms with E-state index in [-0.39, 0.29) is 16.8 Å². The Kier molecular flexibility index (Phi) is 6.59. The summed E-state index contributed by atoms with van der Waals surface area (Å²) >= 11 is 0. The van der Waals surface area contributed by atoms with Crippen molar-refractivity contribution in [2.45, 2.75) is 62.8 Å². The summed E-state index contributed by atoms with van der Waals surface area (Å²) in [6, 6.07) is 6.17. The number of nitrogens with one attached hydrogen (secondary N) is 2. The third-order valence-electron chi connectivity index (χ3n) is 4.17. The molecule has 1 aromatic carbocycles. The second kappa shape index (κ2) is 8.45. The molecule has 0 radical (unpaired) electrons. The first-order chi connectivity index (χ1) is 11.0. The van der Waals surface area contributed by atoms with Crippen LogP contribution in [0.2, 0.25) is 0 Å². The Balaban J connectivity index is 1.98. The molecule has 1 fully saturated rings. The number of carbonyl (C=O) groups is 1. The maximum atomic E-state index is 12.4. The zero-order valence-electron chi connectivity index (χ0n) is 13.7. The number of hydrogen-bond donors (Lipinski definition) is 2. The number of unbranched alkanes of at least 4 members (excludes halogenated alkanes) is 1. The molecule has 1 aliphatic rings. The molecular formula is C17H26N2O3S. The average Bonchev–Trinajstić information content (AvgIpc) is 2.55. The van der Waals surface area contributed by atoms with Crippen LogP contribution in [0.25, 0.3) is 0 Å². The standard InChI is InChI=1S/C17H26N2O3S/c1-2-3-13-18-17(20)14-9-11-16(12-10-14)23(21,22)19-15-7-5-4-6-8-15/h9-12,15,19H,2-8,13H2,1H3,(H,18,20). The van der Waals surface area contributed by atoms with Gasteiger partial charge in [0.1, 0.15) is 0 Å². The molecule has 1 aliphatic carbocycles. The lowest BCUT2D eigenvalue weighted by Crippen LogP contribution is -2.36. The molecule has 2 rings (SSSR count). The van der Waals surface area contributed by atoms with Crippen molar-refractivity contribution in [3.05, 3.63) is 29.8 Å². The smallest absolute Gasteiger partial charge is 0.251 e. The van der Waals surface area contributed by atoms with Crippen LogP contribution in [0.5, 0.6) is 0 Å². The van der Waals surface area contributed by atoms with Crippen LogP contribution in [0, 0.1) is 0 Å². The molecule has 1 saturated carbocycles. The minimum absolute atomic E-state index is 0.0331. The van der Waals surface area contributed by atoms with Gasteiger partial charge >= 0.3 is 0 Å². The Hall–Kier alpha value is -1.40. The third-order valence-corrected chi connectivity index (χ3v) is 5.71. The van der Waals surface area contributed by atoms with E-state index in [1.165, 1.54) is 18.6 Å². The number of sulfonamides is 1. The molecule has 0 bridgehead atoms. The van der Waals surface area contributed by atoms with Gasteiger partial charge in [0, 0.05) is 18.2 Å². The van der Waals surface area contributed by atoms with Gasteiger partial charge in [0.05, 0.1) is 4.90 Å². The highest BCUT2D eigenvalue weighted by molar-refractivity contribution is 7.89. The lowest BCUT2D eigenvalue weighted by atomic mass is 9.96. The summed E-state index contributed by atoms with van der Waals surface area (Å²) in [6.07, 6.45) is 7.08. The Morgan fingerprint density at radius 3 is 2.39 bits per heavy atom. The summed E-state index contributed by atoms with van der Waals surface area (Å²) in [5, 5.41) is 2.82. The molecule has 0 aromatic heterocycles. The van der Waals surface area contributed by atoms with Gasteiger partial charge in [0.25, 0.3) is 5.91 Å². The van der Waals surface area contributed by atoms with Gasteiger partial charge in [-0.05, 0) is 43.5 Å². The van der Waals surface area contributed by atoms with Gasteiger partial charge in [0.15, 0.2) is 0 Å². The first kappa shape index (κ1) is 17.9. The molecule has 5 nitrogen and oxygen atoms in total. The highest BCUT2D eigenvalue weighted by Crippen LogP contribution is 2.20. The van der Waals surface area contributed by atoms with E-state index in [1.807, 2.05) is 0 Å². The van der Waals surface area contributed by atoms with E-state index >= 15 is 0 Å². The van der Waals surface area contributed by atoms with Crippen molar-refractivity contribution in [3.8, 4) is 0 Å². The third kappa shape index (κ3) is 5.32. The normalized spacial score (nSPS) is 16.2. The molecule has 1 aromatic rings. The largest absolute Gasteiger partial charge is 0.352 e. The Bertz CT molecular complexity index is 605. The molecule has 2 N–H and O–H groups in total.